The summed E-state index contributed by atoms with van der Waals surface area (Å²) in [5.41, 5.74) is 0. The van der Waals surface area contributed by atoms with Gasteiger partial charge in [-0.2, -0.15) is 0 Å². The number of unbranched alkanes of at least 4 members (excludes halogenated alkanes) is 1. The molecule has 0 radical (unpaired) electrons. The molecule has 0 aromatic carbocycles. The monoisotopic (exact) mass is 187 g/mol. The van der Waals surface area contributed by atoms with Crippen molar-refractivity contribution in [3.63, 3.8) is 0 Å². The van der Waals surface area contributed by atoms with Crippen LogP contribution in [-0.2, 0) is 4.79 Å². The van der Waals surface area contributed by atoms with Gasteiger partial charge < -0.3 is 10.4 Å². The number of hydrogen-bond donors (Lipinski definition) is 2. The SMILES string of the molecule is CCC[C@@H](CCCCO)NC(C)=O. The first kappa shape index (κ1) is 12.4. The molecule has 0 heterocycles. The summed E-state index contributed by atoms with van der Waals surface area (Å²) in [7, 11) is 0. The predicted octanol–water partition coefficient (Wildman–Crippen LogP) is 1.45. The van der Waals surface area contributed by atoms with E-state index in [1.165, 1.54) is 0 Å². The number of carbonyl (C=O) groups excluding carboxylic acids is 1. The van der Waals surface area contributed by atoms with Crippen LogP contribution in [0.4, 0.5) is 0 Å². The zero-order valence-electron chi connectivity index (χ0n) is 8.68. The molecule has 0 fully saturated rings. The molecule has 0 aliphatic carbocycles. The van der Waals surface area contributed by atoms with Gasteiger partial charge in [0, 0.05) is 19.6 Å². The van der Waals surface area contributed by atoms with E-state index >= 15 is 0 Å². The number of aliphatic hydroxyl groups excluding tert-OH is 1. The van der Waals surface area contributed by atoms with Crippen LogP contribution < -0.4 is 5.32 Å². The molecular weight excluding hydrogens is 166 g/mol. The van der Waals surface area contributed by atoms with Gasteiger partial charge in [-0.25, -0.2) is 0 Å². The number of hydrogen-bond acceptors (Lipinski definition) is 2. The molecule has 0 aromatic heterocycles. The van der Waals surface area contributed by atoms with Gasteiger partial charge in [0.15, 0.2) is 0 Å². The number of nitrogens with one attached hydrogen (secondary N) is 1. The Labute approximate surface area is 80.5 Å². The van der Waals surface area contributed by atoms with Gasteiger partial charge in [0.2, 0.25) is 5.91 Å². The Bertz CT molecular complexity index is 137. The lowest BCUT2D eigenvalue weighted by atomic mass is 10.1. The number of aliphatic hydroxyl groups is 1. The molecule has 2 N–H and O–H groups in total. The van der Waals surface area contributed by atoms with Crippen LogP contribution in [0.25, 0.3) is 0 Å². The Hall–Kier alpha value is -0.570. The molecule has 0 aliphatic heterocycles. The normalized spacial score (nSPS) is 12.5. The van der Waals surface area contributed by atoms with Crippen LogP contribution >= 0.6 is 0 Å². The maximum Gasteiger partial charge on any atom is 0.217 e. The van der Waals surface area contributed by atoms with Crippen molar-refractivity contribution in [1.82, 2.24) is 5.32 Å². The van der Waals surface area contributed by atoms with E-state index in [0.717, 1.165) is 32.1 Å². The van der Waals surface area contributed by atoms with E-state index < -0.39 is 0 Å². The van der Waals surface area contributed by atoms with Crippen LogP contribution in [0.2, 0.25) is 0 Å². The highest BCUT2D eigenvalue weighted by atomic mass is 16.2. The average Bonchev–Trinajstić information content (AvgIpc) is 2.04. The summed E-state index contributed by atoms with van der Waals surface area (Å²) < 4.78 is 0. The van der Waals surface area contributed by atoms with E-state index in [2.05, 4.69) is 12.2 Å². The molecule has 0 saturated carbocycles. The van der Waals surface area contributed by atoms with E-state index in [-0.39, 0.29) is 12.5 Å². The largest absolute Gasteiger partial charge is 0.396 e. The molecule has 0 spiro atoms. The topological polar surface area (TPSA) is 49.3 Å². The average molecular weight is 187 g/mol. The Kier molecular flexibility index (Phi) is 7.69. The highest BCUT2D eigenvalue weighted by Gasteiger charge is 2.07. The summed E-state index contributed by atoms with van der Waals surface area (Å²) in [6.07, 6.45) is 4.92. The van der Waals surface area contributed by atoms with Crippen molar-refractivity contribution in [1.29, 1.82) is 0 Å². The summed E-state index contributed by atoms with van der Waals surface area (Å²) in [6.45, 7) is 3.91. The van der Waals surface area contributed by atoms with Gasteiger partial charge in [-0.1, -0.05) is 13.3 Å². The van der Waals surface area contributed by atoms with E-state index in [4.69, 9.17) is 5.11 Å². The first-order valence-electron chi connectivity index (χ1n) is 5.08. The molecule has 13 heavy (non-hydrogen) atoms. The quantitative estimate of drug-likeness (QED) is 0.593. The van der Waals surface area contributed by atoms with Crippen LogP contribution in [0.3, 0.4) is 0 Å². The van der Waals surface area contributed by atoms with Gasteiger partial charge in [-0.15, -0.1) is 0 Å². The second kappa shape index (κ2) is 8.05. The van der Waals surface area contributed by atoms with E-state index in [9.17, 15) is 4.79 Å². The maximum absolute atomic E-state index is 10.8. The van der Waals surface area contributed by atoms with Crippen molar-refractivity contribution in [2.45, 2.75) is 52.0 Å². The minimum Gasteiger partial charge on any atom is -0.396 e. The number of amides is 1. The third-order valence-electron chi connectivity index (χ3n) is 2.01. The third kappa shape index (κ3) is 7.78. The summed E-state index contributed by atoms with van der Waals surface area (Å²) in [4.78, 5) is 10.8. The zero-order chi connectivity index (χ0) is 10.1. The number of rotatable bonds is 7. The lowest BCUT2D eigenvalue weighted by Crippen LogP contribution is -2.32. The van der Waals surface area contributed by atoms with Crippen molar-refractivity contribution < 1.29 is 9.90 Å². The fourth-order valence-corrected chi connectivity index (χ4v) is 1.43. The molecule has 0 bridgehead atoms. The molecule has 0 unspecified atom stereocenters. The molecule has 1 atom stereocenters. The molecular formula is C10H21NO2. The van der Waals surface area contributed by atoms with Crippen LogP contribution in [0.1, 0.15) is 46.0 Å². The van der Waals surface area contributed by atoms with Gasteiger partial charge in [-0.3, -0.25) is 4.79 Å². The molecule has 0 aromatic rings. The Balaban J connectivity index is 3.59. The number of carbonyl (C=O) groups is 1. The third-order valence-corrected chi connectivity index (χ3v) is 2.01. The molecule has 0 saturated heterocycles. The van der Waals surface area contributed by atoms with Gasteiger partial charge in [0.25, 0.3) is 0 Å². The van der Waals surface area contributed by atoms with Crippen molar-refractivity contribution >= 4 is 5.91 Å². The maximum atomic E-state index is 10.8. The van der Waals surface area contributed by atoms with Gasteiger partial charge in [0.05, 0.1) is 0 Å². The zero-order valence-corrected chi connectivity index (χ0v) is 8.68. The van der Waals surface area contributed by atoms with Crippen molar-refractivity contribution in [3.05, 3.63) is 0 Å². The first-order chi connectivity index (χ1) is 6.20. The van der Waals surface area contributed by atoms with Gasteiger partial charge in [0.1, 0.15) is 0 Å². The van der Waals surface area contributed by atoms with Crippen LogP contribution in [0, 0.1) is 0 Å². The smallest absolute Gasteiger partial charge is 0.217 e. The van der Waals surface area contributed by atoms with Gasteiger partial charge >= 0.3 is 0 Å². The van der Waals surface area contributed by atoms with Crippen LogP contribution in [0.5, 0.6) is 0 Å². The minimum absolute atomic E-state index is 0.0439. The second-order valence-corrected chi connectivity index (χ2v) is 3.41. The molecule has 1 amide bonds. The Morgan fingerprint density at radius 3 is 2.54 bits per heavy atom. The summed E-state index contributed by atoms with van der Waals surface area (Å²) >= 11 is 0. The minimum atomic E-state index is 0.0439. The summed E-state index contributed by atoms with van der Waals surface area (Å²) in [6, 6.07) is 0.300. The highest BCUT2D eigenvalue weighted by Crippen LogP contribution is 2.06. The van der Waals surface area contributed by atoms with Crippen molar-refractivity contribution in [2.75, 3.05) is 6.61 Å². The van der Waals surface area contributed by atoms with Crippen LogP contribution in [-0.4, -0.2) is 23.7 Å². The highest BCUT2D eigenvalue weighted by molar-refractivity contribution is 5.73. The molecule has 3 heteroatoms. The van der Waals surface area contributed by atoms with Gasteiger partial charge in [-0.05, 0) is 25.7 Å². The fourth-order valence-electron chi connectivity index (χ4n) is 1.43. The summed E-state index contributed by atoms with van der Waals surface area (Å²) in [5.74, 6) is 0.0439. The van der Waals surface area contributed by atoms with Crippen molar-refractivity contribution in [2.24, 2.45) is 0 Å². The Morgan fingerprint density at radius 2 is 2.08 bits per heavy atom. The Morgan fingerprint density at radius 1 is 1.38 bits per heavy atom. The molecule has 0 rings (SSSR count). The summed E-state index contributed by atoms with van der Waals surface area (Å²) in [5, 5.41) is 11.5. The van der Waals surface area contributed by atoms with Crippen molar-refractivity contribution in [3.8, 4) is 0 Å². The van der Waals surface area contributed by atoms with E-state index in [0.29, 0.717) is 6.04 Å². The first-order valence-corrected chi connectivity index (χ1v) is 5.08. The van der Waals surface area contributed by atoms with E-state index in [1.54, 1.807) is 6.92 Å². The lowest BCUT2D eigenvalue weighted by Gasteiger charge is -2.16. The van der Waals surface area contributed by atoms with Crippen LogP contribution in [0.15, 0.2) is 0 Å². The molecule has 78 valence electrons. The van der Waals surface area contributed by atoms with E-state index in [1.807, 2.05) is 0 Å². The predicted molar refractivity (Wildman–Crippen MR) is 53.4 cm³/mol. The standard InChI is InChI=1S/C10H21NO2/c1-3-6-10(11-9(2)13)7-4-5-8-12/h10,12H,3-8H2,1-2H3,(H,11,13)/t10-/m0/s1. The lowest BCUT2D eigenvalue weighted by molar-refractivity contribution is -0.119. The fraction of sp³-hybridized carbons (Fsp3) is 0.900. The molecule has 0 aliphatic rings. The molecule has 3 nitrogen and oxygen atoms in total. The second-order valence-electron chi connectivity index (χ2n) is 3.41.